The van der Waals surface area contributed by atoms with Gasteiger partial charge in [0.25, 0.3) is 0 Å². The Morgan fingerprint density at radius 2 is 2.05 bits per heavy atom. The fraction of sp³-hybridized carbons (Fsp3) is 0.571. The maximum absolute atomic E-state index is 5.48. The second-order valence-corrected chi connectivity index (χ2v) is 6.86. The summed E-state index contributed by atoms with van der Waals surface area (Å²) < 4.78 is 0. The summed E-state index contributed by atoms with van der Waals surface area (Å²) in [6.07, 6.45) is 1.02. The van der Waals surface area contributed by atoms with Crippen molar-refractivity contribution in [2.24, 2.45) is 5.84 Å². The van der Waals surface area contributed by atoms with Crippen LogP contribution in [0.2, 0.25) is 0 Å². The van der Waals surface area contributed by atoms with Crippen LogP contribution < -0.4 is 11.3 Å². The molecule has 0 aromatic carbocycles. The van der Waals surface area contributed by atoms with E-state index in [0.717, 1.165) is 47.1 Å². The van der Waals surface area contributed by atoms with Gasteiger partial charge in [0.1, 0.15) is 9.86 Å². The molecular formula is C14H23N5S2. The number of nitrogens with two attached hydrogens (primary N) is 1. The number of nitrogen functional groups attached to an aromatic ring is 1. The van der Waals surface area contributed by atoms with Gasteiger partial charge in [0.15, 0.2) is 0 Å². The van der Waals surface area contributed by atoms with E-state index in [1.165, 1.54) is 4.88 Å². The van der Waals surface area contributed by atoms with Crippen molar-refractivity contribution in [2.45, 2.75) is 32.2 Å². The molecule has 2 aromatic heterocycles. The van der Waals surface area contributed by atoms with Crippen molar-refractivity contribution in [3.8, 4) is 0 Å². The minimum Gasteiger partial charge on any atom is -0.303 e. The molecule has 21 heavy (non-hydrogen) atoms. The summed E-state index contributed by atoms with van der Waals surface area (Å²) in [5, 5.41) is 2.18. The molecule has 0 spiro atoms. The Balaban J connectivity index is 2.18. The molecule has 116 valence electrons. The van der Waals surface area contributed by atoms with Crippen LogP contribution in [0.3, 0.4) is 0 Å². The second kappa shape index (κ2) is 7.93. The molecule has 3 N–H and O–H groups in total. The van der Waals surface area contributed by atoms with Crippen molar-refractivity contribution in [1.82, 2.24) is 14.9 Å². The van der Waals surface area contributed by atoms with Gasteiger partial charge in [-0.05, 0) is 25.6 Å². The van der Waals surface area contributed by atoms with E-state index in [0.29, 0.717) is 5.95 Å². The summed E-state index contributed by atoms with van der Waals surface area (Å²) in [5.74, 6) is 7.00. The Hall–Kier alpha value is -0.890. The van der Waals surface area contributed by atoms with Gasteiger partial charge in [-0.25, -0.2) is 15.8 Å². The smallest absolute Gasteiger partial charge is 0.239 e. The van der Waals surface area contributed by atoms with Gasteiger partial charge in [0, 0.05) is 22.6 Å². The summed E-state index contributed by atoms with van der Waals surface area (Å²) >= 11 is 3.50. The van der Waals surface area contributed by atoms with Crippen molar-refractivity contribution in [3.63, 3.8) is 0 Å². The SMILES string of the molecule is CCc1cc2c(SCCN(CC)CC)nc(NN)nc2s1. The lowest BCUT2D eigenvalue weighted by atomic mass is 10.3. The van der Waals surface area contributed by atoms with Crippen molar-refractivity contribution in [1.29, 1.82) is 0 Å². The number of thiophene rings is 1. The lowest BCUT2D eigenvalue weighted by molar-refractivity contribution is 0.324. The van der Waals surface area contributed by atoms with Crippen molar-refractivity contribution < 1.29 is 0 Å². The van der Waals surface area contributed by atoms with Gasteiger partial charge < -0.3 is 4.90 Å². The molecule has 0 aliphatic rings. The van der Waals surface area contributed by atoms with E-state index in [2.05, 4.69) is 47.1 Å². The summed E-state index contributed by atoms with van der Waals surface area (Å²) in [4.78, 5) is 13.7. The third-order valence-corrected chi connectivity index (χ3v) is 5.57. The summed E-state index contributed by atoms with van der Waals surface area (Å²) in [7, 11) is 0. The maximum atomic E-state index is 5.48. The first-order valence-corrected chi connectivity index (χ1v) is 9.14. The topological polar surface area (TPSA) is 67.1 Å². The Labute approximate surface area is 134 Å². The van der Waals surface area contributed by atoms with Gasteiger partial charge in [-0.15, -0.1) is 23.1 Å². The molecule has 0 bridgehead atoms. The monoisotopic (exact) mass is 325 g/mol. The van der Waals surface area contributed by atoms with Gasteiger partial charge in [-0.1, -0.05) is 20.8 Å². The van der Waals surface area contributed by atoms with Crippen LogP contribution in [-0.2, 0) is 6.42 Å². The molecule has 0 saturated carbocycles. The van der Waals surface area contributed by atoms with Crippen LogP contribution in [0.5, 0.6) is 0 Å². The first-order chi connectivity index (χ1) is 10.2. The van der Waals surface area contributed by atoms with Crippen molar-refractivity contribution in [2.75, 3.05) is 30.8 Å². The van der Waals surface area contributed by atoms with E-state index in [9.17, 15) is 0 Å². The summed E-state index contributed by atoms with van der Waals surface area (Å²) in [5.41, 5.74) is 2.57. The highest BCUT2D eigenvalue weighted by atomic mass is 32.2. The molecule has 5 nitrogen and oxygen atoms in total. The highest BCUT2D eigenvalue weighted by Gasteiger charge is 2.12. The number of thioether (sulfide) groups is 1. The molecule has 2 heterocycles. The highest BCUT2D eigenvalue weighted by molar-refractivity contribution is 7.99. The number of nitrogens with one attached hydrogen (secondary N) is 1. The van der Waals surface area contributed by atoms with Crippen LogP contribution in [0.4, 0.5) is 5.95 Å². The van der Waals surface area contributed by atoms with Gasteiger partial charge >= 0.3 is 0 Å². The van der Waals surface area contributed by atoms with E-state index in [1.54, 1.807) is 23.1 Å². The molecule has 0 amide bonds. The molecule has 7 heteroatoms. The van der Waals surface area contributed by atoms with E-state index in [-0.39, 0.29) is 0 Å². The molecule has 0 atom stereocenters. The van der Waals surface area contributed by atoms with E-state index in [1.807, 2.05) is 0 Å². The predicted octanol–water partition coefficient (Wildman–Crippen LogP) is 2.97. The Morgan fingerprint density at radius 1 is 1.29 bits per heavy atom. The largest absolute Gasteiger partial charge is 0.303 e. The molecular weight excluding hydrogens is 302 g/mol. The first-order valence-electron chi connectivity index (χ1n) is 7.34. The Bertz CT molecular complexity index is 580. The third kappa shape index (κ3) is 4.06. The van der Waals surface area contributed by atoms with Crippen molar-refractivity contribution in [3.05, 3.63) is 10.9 Å². The van der Waals surface area contributed by atoms with Crippen LogP contribution >= 0.6 is 23.1 Å². The number of aromatic nitrogens is 2. The standard InChI is InChI=1S/C14H23N5S2/c1-4-10-9-11-12(20-8-7-19(5-2)6-3)16-14(18-15)17-13(11)21-10/h9H,4-8,15H2,1-3H3,(H,16,17,18). The van der Waals surface area contributed by atoms with Crippen LogP contribution in [0.1, 0.15) is 25.6 Å². The Kier molecular flexibility index (Phi) is 6.22. The number of rotatable bonds is 8. The quantitative estimate of drug-likeness (QED) is 0.337. The lowest BCUT2D eigenvalue weighted by Gasteiger charge is -2.17. The van der Waals surface area contributed by atoms with Crippen LogP contribution in [0.15, 0.2) is 11.1 Å². The number of hydrazine groups is 1. The van der Waals surface area contributed by atoms with Crippen LogP contribution in [0.25, 0.3) is 10.2 Å². The van der Waals surface area contributed by atoms with Crippen LogP contribution in [0, 0.1) is 0 Å². The first kappa shape index (κ1) is 16.5. The zero-order chi connectivity index (χ0) is 15.2. The number of aryl methyl sites for hydroxylation is 1. The number of nitrogens with zero attached hydrogens (tertiary/aromatic N) is 3. The number of anilines is 1. The van der Waals surface area contributed by atoms with Gasteiger partial charge in [0.2, 0.25) is 5.95 Å². The molecule has 0 radical (unpaired) electrons. The zero-order valence-electron chi connectivity index (χ0n) is 12.8. The van der Waals surface area contributed by atoms with E-state index in [4.69, 9.17) is 5.84 Å². The fourth-order valence-corrected chi connectivity index (χ4v) is 4.14. The molecule has 2 aromatic rings. The average Bonchev–Trinajstić information content (AvgIpc) is 2.94. The van der Waals surface area contributed by atoms with Gasteiger partial charge in [-0.3, -0.25) is 5.43 Å². The maximum Gasteiger partial charge on any atom is 0.239 e. The molecule has 0 unspecified atom stereocenters. The number of fused-ring (bicyclic) bond motifs is 1. The molecule has 0 saturated heterocycles. The number of hydrogen-bond donors (Lipinski definition) is 2. The molecule has 0 aliphatic carbocycles. The molecule has 0 aliphatic heterocycles. The van der Waals surface area contributed by atoms with E-state index >= 15 is 0 Å². The lowest BCUT2D eigenvalue weighted by Crippen LogP contribution is -2.25. The van der Waals surface area contributed by atoms with Gasteiger partial charge in [0.05, 0.1) is 0 Å². The second-order valence-electron chi connectivity index (χ2n) is 4.66. The van der Waals surface area contributed by atoms with Gasteiger partial charge in [-0.2, -0.15) is 0 Å². The minimum atomic E-state index is 0.498. The molecule has 0 fully saturated rings. The predicted molar refractivity (Wildman–Crippen MR) is 93.1 cm³/mol. The van der Waals surface area contributed by atoms with E-state index < -0.39 is 0 Å². The fourth-order valence-electron chi connectivity index (χ4n) is 2.11. The molecule has 2 rings (SSSR count). The summed E-state index contributed by atoms with van der Waals surface area (Å²) in [6.45, 7) is 9.79. The van der Waals surface area contributed by atoms with Crippen LogP contribution in [-0.4, -0.2) is 40.3 Å². The Morgan fingerprint density at radius 3 is 2.67 bits per heavy atom. The minimum absolute atomic E-state index is 0.498. The normalized spacial score (nSPS) is 11.5. The number of hydrogen-bond acceptors (Lipinski definition) is 7. The summed E-state index contributed by atoms with van der Waals surface area (Å²) in [6, 6.07) is 2.21. The highest BCUT2D eigenvalue weighted by Crippen LogP contribution is 2.32. The zero-order valence-corrected chi connectivity index (χ0v) is 14.5. The van der Waals surface area contributed by atoms with Crippen molar-refractivity contribution >= 4 is 39.3 Å². The third-order valence-electron chi connectivity index (χ3n) is 3.43. The average molecular weight is 326 g/mol.